The minimum Gasteiger partial charge on any atom is -0.480 e. The second-order valence-electron chi connectivity index (χ2n) is 3.38. The van der Waals surface area contributed by atoms with Gasteiger partial charge in [0.1, 0.15) is 6.04 Å². The van der Waals surface area contributed by atoms with E-state index in [4.69, 9.17) is 5.11 Å². The summed E-state index contributed by atoms with van der Waals surface area (Å²) in [7, 11) is -3.96. The Morgan fingerprint density at radius 3 is 2.53 bits per heavy atom. The molecule has 0 fully saturated rings. The monoisotopic (exact) mass is 280 g/mol. The zero-order valence-electron chi connectivity index (χ0n) is 9.11. The maximum atomic E-state index is 11.7. The summed E-state index contributed by atoms with van der Waals surface area (Å²) in [6, 6.07) is -1.58. The van der Waals surface area contributed by atoms with Gasteiger partial charge in [0.25, 0.3) is 10.0 Å². The average molecular weight is 280 g/mol. The number of hydrogen-bond donors (Lipinski definition) is 3. The van der Waals surface area contributed by atoms with Crippen LogP contribution in [0.2, 0.25) is 0 Å². The molecule has 1 aromatic rings. The third kappa shape index (κ3) is 3.46. The number of carboxylic acid groups (broad SMARTS) is 1. The lowest BCUT2D eigenvalue weighted by atomic mass is 10.2. The van der Waals surface area contributed by atoms with Gasteiger partial charge in [-0.1, -0.05) is 0 Å². The Labute approximate surface area is 102 Å². The molecule has 2 atom stereocenters. The number of sulfonamides is 1. The molecule has 0 spiro atoms. The highest BCUT2D eigenvalue weighted by atomic mass is 32.2. The maximum Gasteiger partial charge on any atom is 0.324 e. The average Bonchev–Trinajstić information content (AvgIpc) is 2.61. The van der Waals surface area contributed by atoms with Gasteiger partial charge < -0.3 is 10.2 Å². The van der Waals surface area contributed by atoms with Gasteiger partial charge in [-0.15, -0.1) is 11.3 Å². The lowest BCUT2D eigenvalue weighted by molar-refractivity contribution is -0.141. The fourth-order valence-corrected chi connectivity index (χ4v) is 3.43. The largest absolute Gasteiger partial charge is 0.480 e. The van der Waals surface area contributed by atoms with Gasteiger partial charge in [0.05, 0.1) is 17.3 Å². The number of hydrogen-bond acceptors (Lipinski definition) is 6. The Balaban J connectivity index is 2.97. The molecule has 0 saturated heterocycles. The number of aryl methyl sites for hydroxylation is 1. The molecule has 1 rings (SSSR count). The molecule has 0 aliphatic heterocycles. The molecule has 0 aliphatic carbocycles. The second-order valence-corrected chi connectivity index (χ2v) is 6.55. The molecule has 0 amide bonds. The van der Waals surface area contributed by atoms with Crippen molar-refractivity contribution in [3.63, 3.8) is 0 Å². The normalized spacial score (nSPS) is 15.5. The maximum absolute atomic E-state index is 11.7. The number of carboxylic acids is 1. The number of nitrogens with one attached hydrogen (secondary N) is 1. The van der Waals surface area contributed by atoms with Gasteiger partial charge in [-0.3, -0.25) is 4.79 Å². The number of aliphatic hydroxyl groups is 1. The van der Waals surface area contributed by atoms with Gasteiger partial charge in [0.2, 0.25) is 0 Å². The SMILES string of the molecule is Cc1ncc(S(=O)(=O)NC(C(=O)O)C(C)O)s1. The van der Waals surface area contributed by atoms with Crippen molar-refractivity contribution in [2.45, 2.75) is 30.2 Å². The number of carbonyl (C=O) groups is 1. The molecule has 0 aromatic carbocycles. The summed E-state index contributed by atoms with van der Waals surface area (Å²) < 4.78 is 25.3. The predicted molar refractivity (Wildman–Crippen MR) is 60.3 cm³/mol. The molecular weight excluding hydrogens is 268 g/mol. The first kappa shape index (κ1) is 14.0. The number of nitrogens with zero attached hydrogens (tertiary/aromatic N) is 1. The van der Waals surface area contributed by atoms with Crippen LogP contribution in [0.3, 0.4) is 0 Å². The van der Waals surface area contributed by atoms with Gasteiger partial charge >= 0.3 is 5.97 Å². The van der Waals surface area contributed by atoms with Gasteiger partial charge in [-0.25, -0.2) is 13.4 Å². The van der Waals surface area contributed by atoms with Crippen LogP contribution in [0, 0.1) is 6.92 Å². The minimum absolute atomic E-state index is 0.0816. The van der Waals surface area contributed by atoms with Crippen molar-refractivity contribution in [2.75, 3.05) is 0 Å². The Kier molecular flexibility index (Phi) is 4.20. The molecule has 3 N–H and O–H groups in total. The summed E-state index contributed by atoms with van der Waals surface area (Å²) in [5, 5.41) is 18.5. The van der Waals surface area contributed by atoms with Crippen LogP contribution in [-0.4, -0.2) is 41.7 Å². The van der Waals surface area contributed by atoms with Gasteiger partial charge in [0, 0.05) is 0 Å². The molecule has 0 radical (unpaired) electrons. The molecular formula is C8H12N2O5S2. The Hall–Kier alpha value is -1.03. The quantitative estimate of drug-likeness (QED) is 0.673. The molecule has 9 heteroatoms. The molecule has 0 aliphatic rings. The summed E-state index contributed by atoms with van der Waals surface area (Å²) in [4.78, 5) is 14.5. The van der Waals surface area contributed by atoms with E-state index in [1.165, 1.54) is 6.92 Å². The molecule has 0 saturated carbocycles. The van der Waals surface area contributed by atoms with E-state index in [2.05, 4.69) is 4.98 Å². The van der Waals surface area contributed by atoms with Crippen LogP contribution in [0.15, 0.2) is 10.4 Å². The standard InChI is InChI=1S/C8H12N2O5S2/c1-4(11)7(8(12)13)10-17(14,15)6-3-9-5(2)16-6/h3-4,7,10-11H,1-2H3,(H,12,13). The van der Waals surface area contributed by atoms with E-state index < -0.39 is 28.1 Å². The third-order valence-corrected chi connectivity index (χ3v) is 4.71. The van der Waals surface area contributed by atoms with E-state index in [1.807, 2.05) is 4.72 Å². The smallest absolute Gasteiger partial charge is 0.324 e. The number of rotatable bonds is 5. The van der Waals surface area contributed by atoms with E-state index in [0.29, 0.717) is 5.01 Å². The fraction of sp³-hybridized carbons (Fsp3) is 0.500. The summed E-state index contributed by atoms with van der Waals surface area (Å²) in [5.74, 6) is -1.44. The van der Waals surface area contributed by atoms with Gasteiger partial charge in [-0.2, -0.15) is 4.72 Å². The Bertz CT molecular complexity index is 508. The van der Waals surface area contributed by atoms with E-state index in [-0.39, 0.29) is 4.21 Å². The molecule has 2 unspecified atom stereocenters. The number of aliphatic hydroxyl groups excluding tert-OH is 1. The summed E-state index contributed by atoms with van der Waals surface area (Å²) in [6.45, 7) is 2.83. The Morgan fingerprint density at radius 1 is 1.59 bits per heavy atom. The molecule has 0 bridgehead atoms. The topological polar surface area (TPSA) is 117 Å². The van der Waals surface area contributed by atoms with Crippen LogP contribution in [0.25, 0.3) is 0 Å². The highest BCUT2D eigenvalue weighted by Crippen LogP contribution is 2.18. The Morgan fingerprint density at radius 2 is 2.18 bits per heavy atom. The van der Waals surface area contributed by atoms with Crippen LogP contribution in [0.5, 0.6) is 0 Å². The summed E-state index contributed by atoms with van der Waals surface area (Å²) >= 11 is 0.924. The fourth-order valence-electron chi connectivity index (χ4n) is 1.05. The van der Waals surface area contributed by atoms with Crippen molar-refractivity contribution < 1.29 is 23.4 Å². The first-order valence-electron chi connectivity index (χ1n) is 4.59. The van der Waals surface area contributed by atoms with E-state index in [9.17, 15) is 18.3 Å². The molecule has 7 nitrogen and oxygen atoms in total. The van der Waals surface area contributed by atoms with Crippen molar-refractivity contribution in [1.29, 1.82) is 0 Å². The van der Waals surface area contributed by atoms with Gasteiger partial charge in [0.15, 0.2) is 4.21 Å². The zero-order valence-corrected chi connectivity index (χ0v) is 10.7. The summed E-state index contributed by atoms with van der Waals surface area (Å²) in [5.41, 5.74) is 0. The number of aliphatic carboxylic acids is 1. The van der Waals surface area contributed by atoms with Crippen molar-refractivity contribution in [3.05, 3.63) is 11.2 Å². The second kappa shape index (κ2) is 5.08. The van der Waals surface area contributed by atoms with Crippen molar-refractivity contribution in [2.24, 2.45) is 0 Å². The van der Waals surface area contributed by atoms with Crippen molar-refractivity contribution in [1.82, 2.24) is 9.71 Å². The van der Waals surface area contributed by atoms with Crippen LogP contribution >= 0.6 is 11.3 Å². The van der Waals surface area contributed by atoms with Crippen LogP contribution < -0.4 is 4.72 Å². The van der Waals surface area contributed by atoms with E-state index in [1.54, 1.807) is 6.92 Å². The predicted octanol–water partition coefficient (Wildman–Crippen LogP) is -0.436. The molecule has 17 heavy (non-hydrogen) atoms. The van der Waals surface area contributed by atoms with Crippen LogP contribution in [0.1, 0.15) is 11.9 Å². The van der Waals surface area contributed by atoms with Crippen LogP contribution in [0.4, 0.5) is 0 Å². The highest BCUT2D eigenvalue weighted by molar-refractivity contribution is 7.91. The minimum atomic E-state index is -3.96. The molecule has 1 heterocycles. The first-order valence-corrected chi connectivity index (χ1v) is 6.89. The van der Waals surface area contributed by atoms with Crippen molar-refractivity contribution >= 4 is 27.3 Å². The molecule has 1 aromatic heterocycles. The number of thiazole rings is 1. The lowest BCUT2D eigenvalue weighted by Crippen LogP contribution is -2.47. The van der Waals surface area contributed by atoms with Crippen LogP contribution in [-0.2, 0) is 14.8 Å². The van der Waals surface area contributed by atoms with Crippen molar-refractivity contribution in [3.8, 4) is 0 Å². The van der Waals surface area contributed by atoms with E-state index >= 15 is 0 Å². The van der Waals surface area contributed by atoms with Gasteiger partial charge in [-0.05, 0) is 13.8 Å². The number of aromatic nitrogens is 1. The third-order valence-electron chi connectivity index (χ3n) is 1.90. The molecule has 96 valence electrons. The first-order chi connectivity index (χ1) is 7.74. The lowest BCUT2D eigenvalue weighted by Gasteiger charge is -2.16. The van der Waals surface area contributed by atoms with E-state index in [0.717, 1.165) is 17.5 Å². The summed E-state index contributed by atoms with van der Waals surface area (Å²) in [6.07, 6.45) is -0.195. The highest BCUT2D eigenvalue weighted by Gasteiger charge is 2.30. The zero-order chi connectivity index (χ0) is 13.2.